The van der Waals surface area contributed by atoms with Gasteiger partial charge in [-0.25, -0.2) is 0 Å². The van der Waals surface area contributed by atoms with Crippen molar-refractivity contribution in [2.24, 2.45) is 0 Å². The van der Waals surface area contributed by atoms with Crippen molar-refractivity contribution in [2.75, 3.05) is 12.8 Å². The number of anilines is 1. The number of thiophene rings is 1. The van der Waals surface area contributed by atoms with Crippen molar-refractivity contribution in [3.05, 3.63) is 106 Å². The molecular formula is C25H20ClNO2S. The van der Waals surface area contributed by atoms with Crippen LogP contribution in [-0.2, 0) is 6.42 Å². The van der Waals surface area contributed by atoms with Gasteiger partial charge in [0.1, 0.15) is 5.75 Å². The van der Waals surface area contributed by atoms with Gasteiger partial charge >= 0.3 is 0 Å². The van der Waals surface area contributed by atoms with Gasteiger partial charge in [-0.2, -0.15) is 0 Å². The Morgan fingerprint density at radius 3 is 2.33 bits per heavy atom. The van der Waals surface area contributed by atoms with Crippen LogP contribution in [0.5, 0.6) is 5.75 Å². The van der Waals surface area contributed by atoms with E-state index in [0.29, 0.717) is 27.6 Å². The zero-order valence-corrected chi connectivity index (χ0v) is 18.0. The number of carbonyl (C=O) groups is 1. The number of nitrogen functional groups attached to an aromatic ring is 1. The number of hydrogen-bond acceptors (Lipinski definition) is 4. The third-order valence-electron chi connectivity index (χ3n) is 4.96. The van der Waals surface area contributed by atoms with Gasteiger partial charge in [0.15, 0.2) is 5.78 Å². The largest absolute Gasteiger partial charge is 0.496 e. The molecule has 30 heavy (non-hydrogen) atoms. The predicted molar refractivity (Wildman–Crippen MR) is 125 cm³/mol. The number of nitrogens with two attached hydrogens (primary N) is 1. The van der Waals surface area contributed by atoms with E-state index in [9.17, 15) is 4.79 Å². The van der Waals surface area contributed by atoms with E-state index in [2.05, 4.69) is 0 Å². The molecule has 0 aliphatic rings. The SMILES string of the molecule is COc1ccccc1Cc1c(-c2ccccc2)sc(N)c1C(=O)c1ccc(Cl)cc1. The summed E-state index contributed by atoms with van der Waals surface area (Å²) in [5.74, 6) is 0.679. The van der Waals surface area contributed by atoms with Crippen LogP contribution in [0.25, 0.3) is 10.4 Å². The Labute approximate surface area is 184 Å². The monoisotopic (exact) mass is 433 g/mol. The number of carbonyl (C=O) groups excluding carboxylic acids is 1. The number of benzene rings is 3. The minimum atomic E-state index is -0.104. The molecule has 0 amide bonds. The Bertz CT molecular complexity index is 1180. The van der Waals surface area contributed by atoms with Gasteiger partial charge in [0, 0.05) is 21.9 Å². The fourth-order valence-electron chi connectivity index (χ4n) is 3.51. The van der Waals surface area contributed by atoms with Crippen molar-refractivity contribution in [1.82, 2.24) is 0 Å². The van der Waals surface area contributed by atoms with E-state index in [-0.39, 0.29) is 5.78 Å². The molecule has 0 saturated heterocycles. The second kappa shape index (κ2) is 8.74. The molecule has 2 N–H and O–H groups in total. The normalized spacial score (nSPS) is 10.7. The molecule has 0 unspecified atom stereocenters. The number of ether oxygens (including phenoxy) is 1. The maximum Gasteiger partial charge on any atom is 0.196 e. The van der Waals surface area contributed by atoms with E-state index in [1.807, 2.05) is 54.6 Å². The molecule has 3 nitrogen and oxygen atoms in total. The van der Waals surface area contributed by atoms with Gasteiger partial charge in [0.25, 0.3) is 0 Å². The van der Waals surface area contributed by atoms with Crippen LogP contribution in [0.1, 0.15) is 27.0 Å². The van der Waals surface area contributed by atoms with Crippen LogP contribution in [0.15, 0.2) is 78.9 Å². The zero-order chi connectivity index (χ0) is 21.1. The second-order valence-corrected chi connectivity index (χ2v) is 8.33. The lowest BCUT2D eigenvalue weighted by Crippen LogP contribution is -2.07. The van der Waals surface area contributed by atoms with Crippen molar-refractivity contribution in [3.8, 4) is 16.2 Å². The lowest BCUT2D eigenvalue weighted by atomic mass is 9.93. The van der Waals surface area contributed by atoms with E-state index in [1.165, 1.54) is 11.3 Å². The van der Waals surface area contributed by atoms with Crippen molar-refractivity contribution in [2.45, 2.75) is 6.42 Å². The zero-order valence-electron chi connectivity index (χ0n) is 16.4. The predicted octanol–water partition coefficient (Wildman–Crippen LogP) is 6.48. The van der Waals surface area contributed by atoms with E-state index in [0.717, 1.165) is 27.3 Å². The number of hydrogen-bond donors (Lipinski definition) is 1. The summed E-state index contributed by atoms with van der Waals surface area (Å²) >= 11 is 7.44. The molecule has 1 aromatic heterocycles. The van der Waals surface area contributed by atoms with Gasteiger partial charge < -0.3 is 10.5 Å². The first kappa shape index (κ1) is 20.2. The molecular weight excluding hydrogens is 414 g/mol. The molecule has 0 aliphatic heterocycles. The van der Waals surface area contributed by atoms with E-state index in [1.54, 1.807) is 31.4 Å². The molecule has 5 heteroatoms. The van der Waals surface area contributed by atoms with E-state index < -0.39 is 0 Å². The van der Waals surface area contributed by atoms with Crippen LogP contribution in [0, 0.1) is 0 Å². The van der Waals surface area contributed by atoms with Crippen molar-refractivity contribution < 1.29 is 9.53 Å². The van der Waals surface area contributed by atoms with Crippen LogP contribution in [0.2, 0.25) is 5.02 Å². The quantitative estimate of drug-likeness (QED) is 0.354. The molecule has 150 valence electrons. The average molecular weight is 434 g/mol. The summed E-state index contributed by atoms with van der Waals surface area (Å²) in [6.07, 6.45) is 0.538. The highest BCUT2D eigenvalue weighted by Gasteiger charge is 2.25. The average Bonchev–Trinajstić information content (AvgIpc) is 3.10. The summed E-state index contributed by atoms with van der Waals surface area (Å²) in [5, 5.41) is 1.10. The summed E-state index contributed by atoms with van der Waals surface area (Å²) in [4.78, 5) is 14.4. The first-order valence-electron chi connectivity index (χ1n) is 9.47. The molecule has 0 radical (unpaired) electrons. The highest BCUT2D eigenvalue weighted by molar-refractivity contribution is 7.20. The standard InChI is InChI=1S/C25H20ClNO2S/c1-29-21-10-6-5-9-18(21)15-20-22(23(28)16-11-13-19(26)14-12-16)25(27)30-24(20)17-7-3-2-4-8-17/h2-14H,15,27H2,1H3. The van der Waals surface area contributed by atoms with Gasteiger partial charge in [0.05, 0.1) is 17.7 Å². The molecule has 0 spiro atoms. The molecule has 3 aromatic carbocycles. The minimum absolute atomic E-state index is 0.104. The highest BCUT2D eigenvalue weighted by atomic mass is 35.5. The molecule has 0 atom stereocenters. The lowest BCUT2D eigenvalue weighted by molar-refractivity contribution is 0.103. The van der Waals surface area contributed by atoms with Crippen molar-refractivity contribution in [1.29, 1.82) is 0 Å². The molecule has 1 heterocycles. The lowest BCUT2D eigenvalue weighted by Gasteiger charge is -2.12. The molecule has 4 aromatic rings. The van der Waals surface area contributed by atoms with Crippen molar-refractivity contribution >= 4 is 33.7 Å². The Morgan fingerprint density at radius 2 is 1.63 bits per heavy atom. The van der Waals surface area contributed by atoms with Gasteiger partial charge in [-0.15, -0.1) is 11.3 Å². The molecule has 0 aliphatic carbocycles. The van der Waals surface area contributed by atoms with Gasteiger partial charge in [-0.05, 0) is 47.0 Å². The van der Waals surface area contributed by atoms with Crippen LogP contribution >= 0.6 is 22.9 Å². The smallest absolute Gasteiger partial charge is 0.196 e. The molecule has 0 saturated carbocycles. The van der Waals surface area contributed by atoms with Crippen molar-refractivity contribution in [3.63, 3.8) is 0 Å². The maximum atomic E-state index is 13.4. The van der Waals surface area contributed by atoms with Crippen LogP contribution in [0.4, 0.5) is 5.00 Å². The van der Waals surface area contributed by atoms with Gasteiger partial charge in [0.2, 0.25) is 0 Å². The third-order valence-corrected chi connectivity index (χ3v) is 6.33. The first-order valence-corrected chi connectivity index (χ1v) is 10.7. The van der Waals surface area contributed by atoms with Gasteiger partial charge in [-0.1, -0.05) is 60.1 Å². The van der Waals surface area contributed by atoms with E-state index >= 15 is 0 Å². The minimum Gasteiger partial charge on any atom is -0.496 e. The van der Waals surface area contributed by atoms with Crippen LogP contribution in [0.3, 0.4) is 0 Å². The Kier molecular flexibility index (Phi) is 5.88. The topological polar surface area (TPSA) is 52.3 Å². The first-order chi connectivity index (χ1) is 14.6. The summed E-state index contributed by atoms with van der Waals surface area (Å²) in [6.45, 7) is 0. The number of methoxy groups -OCH3 is 1. The van der Waals surface area contributed by atoms with Crippen LogP contribution < -0.4 is 10.5 Å². The fourth-order valence-corrected chi connectivity index (χ4v) is 4.73. The molecule has 0 bridgehead atoms. The Balaban J connectivity index is 1.88. The Morgan fingerprint density at radius 1 is 0.967 bits per heavy atom. The number of para-hydroxylation sites is 1. The summed E-state index contributed by atoms with van der Waals surface area (Å²) < 4.78 is 5.54. The molecule has 0 fully saturated rings. The Hall–Kier alpha value is -3.08. The van der Waals surface area contributed by atoms with E-state index in [4.69, 9.17) is 22.1 Å². The summed E-state index contributed by atoms with van der Waals surface area (Å²) in [7, 11) is 1.65. The number of rotatable bonds is 6. The highest BCUT2D eigenvalue weighted by Crippen LogP contribution is 2.41. The molecule has 4 rings (SSSR count). The van der Waals surface area contributed by atoms with Gasteiger partial charge in [-0.3, -0.25) is 4.79 Å². The third kappa shape index (κ3) is 3.97. The van der Waals surface area contributed by atoms with Crippen LogP contribution in [-0.4, -0.2) is 12.9 Å². The summed E-state index contributed by atoms with van der Waals surface area (Å²) in [5.41, 5.74) is 10.5. The number of ketones is 1. The summed E-state index contributed by atoms with van der Waals surface area (Å²) in [6, 6.07) is 24.8. The fraction of sp³-hybridized carbons (Fsp3) is 0.0800. The maximum absolute atomic E-state index is 13.4. The second-order valence-electron chi connectivity index (χ2n) is 6.84. The number of halogens is 1.